The molecule has 8 heteroatoms. The molecule has 1 fully saturated rings. The molecule has 0 saturated heterocycles. The number of aromatic nitrogens is 2. The summed E-state index contributed by atoms with van der Waals surface area (Å²) in [5, 5.41) is 9.59. The molecule has 124 valence electrons. The molecular formula is C16H17N5O2S. The third-order valence-electron chi connectivity index (χ3n) is 3.19. The molecule has 0 bridgehead atoms. The zero-order chi connectivity index (χ0) is 16.8. The Hall–Kier alpha value is -2.61. The molecule has 7 nitrogen and oxygen atoms in total. The van der Waals surface area contributed by atoms with E-state index in [1.165, 1.54) is 11.8 Å². The van der Waals surface area contributed by atoms with Gasteiger partial charge in [0, 0.05) is 24.1 Å². The zero-order valence-electron chi connectivity index (χ0n) is 12.9. The molecular weight excluding hydrogens is 326 g/mol. The van der Waals surface area contributed by atoms with E-state index in [0.29, 0.717) is 5.69 Å². The number of carbonyl (C=O) groups is 2. The lowest BCUT2D eigenvalue weighted by Gasteiger charge is -2.08. The summed E-state index contributed by atoms with van der Waals surface area (Å²) >= 11 is 1.41. The number of hydrogen-bond donors (Lipinski definition) is 3. The van der Waals surface area contributed by atoms with Crippen molar-refractivity contribution in [2.75, 3.05) is 11.9 Å². The van der Waals surface area contributed by atoms with Crippen molar-refractivity contribution >= 4 is 29.4 Å². The summed E-state index contributed by atoms with van der Waals surface area (Å²) in [6.07, 6.45) is 5.35. The van der Waals surface area contributed by atoms with E-state index in [9.17, 15) is 9.59 Å². The van der Waals surface area contributed by atoms with Gasteiger partial charge in [0.2, 0.25) is 5.91 Å². The molecule has 3 N–H and O–H groups in total. The van der Waals surface area contributed by atoms with Gasteiger partial charge in [-0.3, -0.25) is 4.79 Å². The molecule has 0 spiro atoms. The minimum atomic E-state index is -0.311. The van der Waals surface area contributed by atoms with Gasteiger partial charge in [0.1, 0.15) is 10.1 Å². The van der Waals surface area contributed by atoms with Crippen molar-refractivity contribution in [3.05, 3.63) is 42.7 Å². The van der Waals surface area contributed by atoms with E-state index in [2.05, 4.69) is 25.9 Å². The SMILES string of the molecule is O=C(CNC(=O)NC1CC1)Nc1ccnc(Sc2ccccn2)c1. The van der Waals surface area contributed by atoms with Gasteiger partial charge in [0.25, 0.3) is 0 Å². The third-order valence-corrected chi connectivity index (χ3v) is 4.07. The van der Waals surface area contributed by atoms with E-state index in [1.54, 1.807) is 24.5 Å². The van der Waals surface area contributed by atoms with Gasteiger partial charge in [0.05, 0.1) is 6.54 Å². The fourth-order valence-corrected chi connectivity index (χ4v) is 2.66. The molecule has 3 amide bonds. The number of amides is 3. The summed E-state index contributed by atoms with van der Waals surface area (Å²) < 4.78 is 0. The Morgan fingerprint density at radius 3 is 2.71 bits per heavy atom. The number of pyridine rings is 2. The monoisotopic (exact) mass is 343 g/mol. The lowest BCUT2D eigenvalue weighted by Crippen LogP contribution is -2.40. The van der Waals surface area contributed by atoms with Gasteiger partial charge in [-0.25, -0.2) is 14.8 Å². The van der Waals surface area contributed by atoms with E-state index in [-0.39, 0.29) is 24.5 Å². The number of hydrogen-bond acceptors (Lipinski definition) is 5. The average molecular weight is 343 g/mol. The second-order valence-electron chi connectivity index (χ2n) is 5.30. The van der Waals surface area contributed by atoms with Gasteiger partial charge in [0.15, 0.2) is 0 Å². The molecule has 0 radical (unpaired) electrons. The van der Waals surface area contributed by atoms with Crippen LogP contribution in [0.5, 0.6) is 0 Å². The van der Waals surface area contributed by atoms with E-state index in [4.69, 9.17) is 0 Å². The first kappa shape index (κ1) is 16.3. The van der Waals surface area contributed by atoms with Crippen LogP contribution >= 0.6 is 11.8 Å². The lowest BCUT2D eigenvalue weighted by atomic mass is 10.4. The summed E-state index contributed by atoms with van der Waals surface area (Å²) in [5.41, 5.74) is 0.623. The molecule has 0 atom stereocenters. The van der Waals surface area contributed by atoms with Crippen molar-refractivity contribution in [2.45, 2.75) is 28.9 Å². The van der Waals surface area contributed by atoms with Gasteiger partial charge in [-0.15, -0.1) is 0 Å². The number of carbonyl (C=O) groups excluding carboxylic acids is 2. The predicted octanol–water partition coefficient (Wildman–Crippen LogP) is 2.03. The summed E-state index contributed by atoms with van der Waals surface area (Å²) in [6, 6.07) is 9.06. The lowest BCUT2D eigenvalue weighted by molar-refractivity contribution is -0.115. The third kappa shape index (κ3) is 5.24. The van der Waals surface area contributed by atoms with Crippen molar-refractivity contribution < 1.29 is 9.59 Å². The first-order valence-corrected chi connectivity index (χ1v) is 8.40. The highest BCUT2D eigenvalue weighted by Crippen LogP contribution is 2.25. The largest absolute Gasteiger partial charge is 0.335 e. The van der Waals surface area contributed by atoms with Crippen LogP contribution in [0.15, 0.2) is 52.8 Å². The van der Waals surface area contributed by atoms with Crippen LogP contribution < -0.4 is 16.0 Å². The van der Waals surface area contributed by atoms with Crippen molar-refractivity contribution in [3.8, 4) is 0 Å². The van der Waals surface area contributed by atoms with E-state index in [1.807, 2.05) is 18.2 Å². The number of anilines is 1. The van der Waals surface area contributed by atoms with E-state index >= 15 is 0 Å². The maximum Gasteiger partial charge on any atom is 0.315 e. The maximum absolute atomic E-state index is 11.9. The topological polar surface area (TPSA) is 96.0 Å². The van der Waals surface area contributed by atoms with Crippen molar-refractivity contribution in [1.82, 2.24) is 20.6 Å². The van der Waals surface area contributed by atoms with Crippen LogP contribution in [0, 0.1) is 0 Å². The smallest absolute Gasteiger partial charge is 0.315 e. The average Bonchev–Trinajstić information content (AvgIpc) is 3.38. The van der Waals surface area contributed by atoms with Crippen LogP contribution in [0.3, 0.4) is 0 Å². The molecule has 2 heterocycles. The highest BCUT2D eigenvalue weighted by atomic mass is 32.2. The van der Waals surface area contributed by atoms with Gasteiger partial charge in [-0.05, 0) is 37.1 Å². The van der Waals surface area contributed by atoms with E-state index < -0.39 is 0 Å². The first-order chi connectivity index (χ1) is 11.7. The minimum absolute atomic E-state index is 0.0798. The zero-order valence-corrected chi connectivity index (χ0v) is 13.7. The molecule has 2 aromatic rings. The second kappa shape index (κ2) is 7.78. The molecule has 0 aromatic carbocycles. The Balaban J connectivity index is 1.50. The fourth-order valence-electron chi connectivity index (χ4n) is 1.89. The minimum Gasteiger partial charge on any atom is -0.335 e. The summed E-state index contributed by atoms with van der Waals surface area (Å²) in [4.78, 5) is 31.9. The quantitative estimate of drug-likeness (QED) is 0.746. The molecule has 0 unspecified atom stereocenters. The van der Waals surface area contributed by atoms with Crippen molar-refractivity contribution in [3.63, 3.8) is 0 Å². The Bertz CT molecular complexity index is 721. The van der Waals surface area contributed by atoms with E-state index in [0.717, 1.165) is 22.9 Å². The summed E-state index contributed by atoms with van der Waals surface area (Å²) in [5.74, 6) is -0.291. The van der Waals surface area contributed by atoms with Crippen LogP contribution in [0.25, 0.3) is 0 Å². The van der Waals surface area contributed by atoms with Crippen LogP contribution in [0.2, 0.25) is 0 Å². The Labute approximate surface area is 143 Å². The molecule has 1 aliphatic carbocycles. The number of urea groups is 1. The summed E-state index contributed by atoms with van der Waals surface area (Å²) in [7, 11) is 0. The number of rotatable bonds is 6. The molecule has 1 aliphatic rings. The standard InChI is InChI=1S/C16H17N5O2S/c22-13(10-19-16(23)21-11-4-5-11)20-12-6-8-18-15(9-12)24-14-3-1-2-7-17-14/h1-3,6-9,11H,4-5,10H2,(H,18,20,22)(H2,19,21,23). The maximum atomic E-state index is 11.9. The Morgan fingerprint density at radius 2 is 1.96 bits per heavy atom. The Kier molecular flexibility index (Phi) is 5.27. The molecule has 1 saturated carbocycles. The van der Waals surface area contributed by atoms with Gasteiger partial charge in [-0.2, -0.15) is 0 Å². The highest BCUT2D eigenvalue weighted by molar-refractivity contribution is 7.99. The first-order valence-electron chi connectivity index (χ1n) is 7.58. The second-order valence-corrected chi connectivity index (χ2v) is 6.34. The van der Waals surface area contributed by atoms with Crippen molar-refractivity contribution in [2.24, 2.45) is 0 Å². The van der Waals surface area contributed by atoms with Gasteiger partial charge in [-0.1, -0.05) is 17.8 Å². The van der Waals surface area contributed by atoms with Crippen LogP contribution in [0.1, 0.15) is 12.8 Å². The number of nitrogens with one attached hydrogen (secondary N) is 3. The van der Waals surface area contributed by atoms with Crippen LogP contribution in [0.4, 0.5) is 10.5 Å². The fraction of sp³-hybridized carbons (Fsp3) is 0.250. The van der Waals surface area contributed by atoms with Crippen LogP contribution in [-0.4, -0.2) is 34.5 Å². The van der Waals surface area contributed by atoms with Gasteiger partial charge < -0.3 is 16.0 Å². The van der Waals surface area contributed by atoms with Gasteiger partial charge >= 0.3 is 6.03 Å². The predicted molar refractivity (Wildman–Crippen MR) is 90.8 cm³/mol. The molecule has 24 heavy (non-hydrogen) atoms. The van der Waals surface area contributed by atoms with Crippen molar-refractivity contribution in [1.29, 1.82) is 0 Å². The molecule has 0 aliphatic heterocycles. The number of nitrogens with zero attached hydrogens (tertiary/aromatic N) is 2. The van der Waals surface area contributed by atoms with Crippen LogP contribution in [-0.2, 0) is 4.79 Å². The molecule has 3 rings (SSSR count). The summed E-state index contributed by atoms with van der Waals surface area (Å²) in [6.45, 7) is -0.0798. The Morgan fingerprint density at radius 1 is 1.12 bits per heavy atom. The molecule has 2 aromatic heterocycles. The normalized spacial score (nSPS) is 13.2. The highest BCUT2D eigenvalue weighted by Gasteiger charge is 2.23.